The summed E-state index contributed by atoms with van der Waals surface area (Å²) in [5.74, 6) is -3.61. The Morgan fingerprint density at radius 3 is 2.13 bits per heavy atom. The van der Waals surface area contributed by atoms with Crippen LogP contribution in [0.4, 0.5) is 0 Å². The Bertz CT molecular complexity index is 748. The van der Waals surface area contributed by atoms with E-state index in [1.807, 2.05) is 0 Å². The molecule has 1 unspecified atom stereocenters. The quantitative estimate of drug-likeness (QED) is 0.630. The molecule has 4 N–H and O–H groups in total. The molecule has 0 aliphatic rings. The molecule has 120 valence electrons. The molecule has 0 fully saturated rings. The Morgan fingerprint density at radius 1 is 1.00 bits per heavy atom. The van der Waals surface area contributed by atoms with Gasteiger partial charge in [0.2, 0.25) is 0 Å². The Morgan fingerprint density at radius 2 is 1.61 bits per heavy atom. The summed E-state index contributed by atoms with van der Waals surface area (Å²) in [6, 6.07) is 7.55. The molecule has 0 heterocycles. The minimum atomic E-state index is -1.16. The standard InChI is InChI=1S/C17H16O6/c1-2-12(17(22)23)13-7-11(19)8-14(20)15(13)16(21)9-3-5-10(18)6-4-9/h3-8,12,18-20H,2H2,1H3,(H,22,23). The van der Waals surface area contributed by atoms with Crippen LogP contribution in [0.2, 0.25) is 0 Å². The van der Waals surface area contributed by atoms with E-state index < -0.39 is 23.4 Å². The summed E-state index contributed by atoms with van der Waals surface area (Å²) in [6.07, 6.45) is 0.189. The van der Waals surface area contributed by atoms with Crippen LogP contribution in [0.3, 0.4) is 0 Å². The van der Waals surface area contributed by atoms with Crippen LogP contribution in [0.5, 0.6) is 17.2 Å². The fourth-order valence-electron chi connectivity index (χ4n) is 2.44. The summed E-state index contributed by atoms with van der Waals surface area (Å²) in [6.45, 7) is 1.63. The predicted molar refractivity (Wildman–Crippen MR) is 82.0 cm³/mol. The van der Waals surface area contributed by atoms with Crippen molar-refractivity contribution in [2.45, 2.75) is 19.3 Å². The molecule has 0 aliphatic carbocycles. The van der Waals surface area contributed by atoms with Gasteiger partial charge in [-0.2, -0.15) is 0 Å². The van der Waals surface area contributed by atoms with Crippen molar-refractivity contribution in [2.75, 3.05) is 0 Å². The summed E-state index contributed by atoms with van der Waals surface area (Å²) >= 11 is 0. The first-order valence-electron chi connectivity index (χ1n) is 6.97. The number of benzene rings is 2. The van der Waals surface area contributed by atoms with Crippen LogP contribution in [0.15, 0.2) is 36.4 Å². The molecular formula is C17H16O6. The summed E-state index contributed by atoms with van der Waals surface area (Å²) < 4.78 is 0. The average molecular weight is 316 g/mol. The fourth-order valence-corrected chi connectivity index (χ4v) is 2.44. The number of phenols is 3. The van der Waals surface area contributed by atoms with E-state index in [1.165, 1.54) is 30.3 Å². The molecule has 2 aromatic rings. The van der Waals surface area contributed by atoms with Gasteiger partial charge in [-0.05, 0) is 42.3 Å². The van der Waals surface area contributed by atoms with Crippen LogP contribution in [-0.2, 0) is 4.79 Å². The molecule has 6 heteroatoms. The normalized spacial score (nSPS) is 11.9. The largest absolute Gasteiger partial charge is 0.508 e. The highest BCUT2D eigenvalue weighted by molar-refractivity contribution is 6.12. The molecule has 6 nitrogen and oxygen atoms in total. The van der Waals surface area contributed by atoms with Crippen molar-refractivity contribution in [3.63, 3.8) is 0 Å². The number of hydrogen-bond donors (Lipinski definition) is 4. The van der Waals surface area contributed by atoms with Crippen molar-refractivity contribution < 1.29 is 30.0 Å². The summed E-state index contributed by atoms with van der Waals surface area (Å²) in [5.41, 5.74) is 0.0728. The number of carboxylic acids is 1. The van der Waals surface area contributed by atoms with Crippen LogP contribution >= 0.6 is 0 Å². The van der Waals surface area contributed by atoms with Gasteiger partial charge in [0.25, 0.3) is 0 Å². The van der Waals surface area contributed by atoms with Gasteiger partial charge < -0.3 is 20.4 Å². The van der Waals surface area contributed by atoms with E-state index in [2.05, 4.69) is 0 Å². The van der Waals surface area contributed by atoms with E-state index in [0.717, 1.165) is 6.07 Å². The number of rotatable bonds is 5. The topological polar surface area (TPSA) is 115 Å². The second kappa shape index (κ2) is 6.39. The molecule has 0 aliphatic heterocycles. The lowest BCUT2D eigenvalue weighted by Crippen LogP contribution is -2.15. The number of carbonyl (C=O) groups excluding carboxylic acids is 1. The molecule has 2 rings (SSSR count). The van der Waals surface area contributed by atoms with Crippen molar-refractivity contribution in [2.24, 2.45) is 0 Å². The number of carbonyl (C=O) groups is 2. The van der Waals surface area contributed by atoms with Gasteiger partial charge in [-0.25, -0.2) is 0 Å². The Kier molecular flexibility index (Phi) is 4.55. The lowest BCUT2D eigenvalue weighted by molar-refractivity contribution is -0.138. The monoisotopic (exact) mass is 316 g/mol. The molecule has 1 atom stereocenters. The van der Waals surface area contributed by atoms with Gasteiger partial charge in [-0.1, -0.05) is 6.92 Å². The third-order valence-corrected chi connectivity index (χ3v) is 3.57. The first-order chi connectivity index (χ1) is 10.8. The van der Waals surface area contributed by atoms with E-state index in [1.54, 1.807) is 6.92 Å². The van der Waals surface area contributed by atoms with E-state index in [4.69, 9.17) is 0 Å². The Hall–Kier alpha value is -3.02. The van der Waals surface area contributed by atoms with Gasteiger partial charge in [-0.3, -0.25) is 9.59 Å². The first kappa shape index (κ1) is 16.4. The van der Waals surface area contributed by atoms with Crippen LogP contribution in [0.25, 0.3) is 0 Å². The number of phenolic OH excluding ortho intramolecular Hbond substituents is 3. The van der Waals surface area contributed by atoms with Gasteiger partial charge in [0.15, 0.2) is 5.78 Å². The number of aliphatic carboxylic acids is 1. The molecule has 0 aromatic heterocycles. The lowest BCUT2D eigenvalue weighted by atomic mass is 9.87. The molecular weight excluding hydrogens is 300 g/mol. The van der Waals surface area contributed by atoms with Crippen molar-refractivity contribution >= 4 is 11.8 Å². The van der Waals surface area contributed by atoms with Gasteiger partial charge in [0.05, 0.1) is 11.5 Å². The highest BCUT2D eigenvalue weighted by atomic mass is 16.4. The molecule has 0 radical (unpaired) electrons. The minimum absolute atomic E-state index is 0.0197. The third kappa shape index (κ3) is 3.26. The fraction of sp³-hybridized carbons (Fsp3) is 0.176. The van der Waals surface area contributed by atoms with E-state index >= 15 is 0 Å². The van der Waals surface area contributed by atoms with Crippen LogP contribution in [0, 0.1) is 0 Å². The maximum atomic E-state index is 12.6. The van der Waals surface area contributed by atoms with Crippen molar-refractivity contribution in [3.05, 3.63) is 53.1 Å². The van der Waals surface area contributed by atoms with E-state index in [9.17, 15) is 30.0 Å². The Labute approximate surface area is 132 Å². The van der Waals surface area contributed by atoms with Crippen molar-refractivity contribution in [1.29, 1.82) is 0 Å². The maximum absolute atomic E-state index is 12.6. The minimum Gasteiger partial charge on any atom is -0.508 e. The highest BCUT2D eigenvalue weighted by Gasteiger charge is 2.27. The second-order valence-electron chi connectivity index (χ2n) is 5.10. The lowest BCUT2D eigenvalue weighted by Gasteiger charge is -2.16. The van der Waals surface area contributed by atoms with Crippen LogP contribution in [0.1, 0.15) is 40.7 Å². The number of hydrogen-bond acceptors (Lipinski definition) is 5. The average Bonchev–Trinajstić information content (AvgIpc) is 2.47. The van der Waals surface area contributed by atoms with Gasteiger partial charge >= 0.3 is 5.97 Å². The zero-order valence-electron chi connectivity index (χ0n) is 12.4. The smallest absolute Gasteiger partial charge is 0.310 e. The number of ketones is 1. The zero-order chi connectivity index (χ0) is 17.1. The van der Waals surface area contributed by atoms with Crippen LogP contribution < -0.4 is 0 Å². The maximum Gasteiger partial charge on any atom is 0.310 e. The van der Waals surface area contributed by atoms with Crippen molar-refractivity contribution in [1.82, 2.24) is 0 Å². The Balaban J connectivity index is 2.63. The SMILES string of the molecule is CCC(C(=O)O)c1cc(O)cc(O)c1C(=O)c1ccc(O)cc1. The molecule has 0 saturated heterocycles. The van der Waals surface area contributed by atoms with Crippen LogP contribution in [-0.4, -0.2) is 32.2 Å². The van der Waals surface area contributed by atoms with E-state index in [0.29, 0.717) is 0 Å². The number of aromatic hydroxyl groups is 3. The molecule has 0 amide bonds. The highest BCUT2D eigenvalue weighted by Crippen LogP contribution is 2.35. The van der Waals surface area contributed by atoms with Gasteiger partial charge in [0, 0.05) is 11.6 Å². The van der Waals surface area contributed by atoms with Crippen molar-refractivity contribution in [3.8, 4) is 17.2 Å². The third-order valence-electron chi connectivity index (χ3n) is 3.57. The first-order valence-corrected chi connectivity index (χ1v) is 6.97. The molecule has 0 bridgehead atoms. The molecule has 23 heavy (non-hydrogen) atoms. The summed E-state index contributed by atoms with van der Waals surface area (Å²) in [5, 5.41) is 38.3. The molecule has 2 aromatic carbocycles. The van der Waals surface area contributed by atoms with Gasteiger partial charge in [0.1, 0.15) is 17.2 Å². The predicted octanol–water partition coefficient (Wildman–Crippen LogP) is 2.61. The number of carboxylic acid groups (broad SMARTS) is 1. The van der Waals surface area contributed by atoms with E-state index in [-0.39, 0.29) is 34.6 Å². The summed E-state index contributed by atoms with van der Waals surface area (Å²) in [4.78, 5) is 24.0. The molecule has 0 spiro atoms. The van der Waals surface area contributed by atoms with Gasteiger partial charge in [-0.15, -0.1) is 0 Å². The zero-order valence-corrected chi connectivity index (χ0v) is 12.4. The second-order valence-corrected chi connectivity index (χ2v) is 5.10. The summed E-state index contributed by atoms with van der Waals surface area (Å²) in [7, 11) is 0. The molecule has 0 saturated carbocycles.